The maximum Gasteiger partial charge on any atom is 0.416 e. The van der Waals surface area contributed by atoms with Crippen LogP contribution in [0.1, 0.15) is 100 Å². The lowest BCUT2D eigenvalue weighted by Gasteiger charge is -2.29. The Morgan fingerprint density at radius 2 is 1.46 bits per heavy atom. The van der Waals surface area contributed by atoms with E-state index in [4.69, 9.17) is 4.52 Å². The van der Waals surface area contributed by atoms with Gasteiger partial charge in [-0.1, -0.05) is 87.7 Å². The van der Waals surface area contributed by atoms with Crippen LogP contribution >= 0.6 is 0 Å². The van der Waals surface area contributed by atoms with E-state index in [0.717, 1.165) is 36.1 Å². The van der Waals surface area contributed by atoms with Crippen molar-refractivity contribution in [2.24, 2.45) is 0 Å². The molecule has 2 aromatic carbocycles. The zero-order valence-corrected chi connectivity index (χ0v) is 21.8. The Morgan fingerprint density at radius 3 is 2.05 bits per heavy atom. The van der Waals surface area contributed by atoms with Crippen molar-refractivity contribution in [3.8, 4) is 11.5 Å². The normalized spacial score (nSPS) is 13.6. The molecule has 0 saturated heterocycles. The number of hydrogen-bond donors (Lipinski definition) is 1. The van der Waals surface area contributed by atoms with Gasteiger partial charge >= 0.3 is 6.18 Å². The smallest absolute Gasteiger partial charge is 0.416 e. The fourth-order valence-electron chi connectivity index (χ4n) is 4.33. The van der Waals surface area contributed by atoms with Crippen molar-refractivity contribution in [3.63, 3.8) is 0 Å². The second kappa shape index (κ2) is 14.3. The lowest BCUT2D eigenvalue weighted by Crippen LogP contribution is -3.05. The standard InChI is InChI=1S/C29H38F3N3O2/c1-3-4-5-6-7-8-9-10-11-12-27-33-28(37-34-27)25-15-13-23(14-16-25)21-35(36)22(2)24-17-19-26(20-18-24)29(30,31)32/h13-20,22,35H,3-12,21H2,1-2H3/t22-/m0/s1. The fraction of sp³-hybridized carbons (Fsp3) is 0.517. The summed E-state index contributed by atoms with van der Waals surface area (Å²) in [5, 5.41) is 16.8. The minimum absolute atomic E-state index is 0.0615. The predicted octanol–water partition coefficient (Wildman–Crippen LogP) is 7.47. The van der Waals surface area contributed by atoms with Crippen LogP contribution in [0.4, 0.5) is 13.2 Å². The van der Waals surface area contributed by atoms with Crippen LogP contribution in [0.2, 0.25) is 0 Å². The van der Waals surface area contributed by atoms with E-state index >= 15 is 0 Å². The monoisotopic (exact) mass is 517 g/mol. The van der Waals surface area contributed by atoms with Gasteiger partial charge in [0, 0.05) is 23.1 Å². The van der Waals surface area contributed by atoms with E-state index in [1.165, 1.54) is 63.5 Å². The first-order valence-electron chi connectivity index (χ1n) is 13.4. The molecule has 37 heavy (non-hydrogen) atoms. The molecule has 0 fully saturated rings. The molecule has 0 bridgehead atoms. The van der Waals surface area contributed by atoms with Crippen molar-refractivity contribution >= 4 is 0 Å². The van der Waals surface area contributed by atoms with Crippen molar-refractivity contribution in [1.82, 2.24) is 10.1 Å². The van der Waals surface area contributed by atoms with Crippen LogP contribution < -0.4 is 5.06 Å². The molecule has 1 N–H and O–H groups in total. The number of nitrogens with one attached hydrogen (secondary N) is 1. The quantitative estimate of drug-likeness (QED) is 0.168. The Labute approximate surface area is 217 Å². The summed E-state index contributed by atoms with van der Waals surface area (Å²) in [7, 11) is 0. The van der Waals surface area contributed by atoms with E-state index in [0.29, 0.717) is 17.3 Å². The predicted molar refractivity (Wildman–Crippen MR) is 139 cm³/mol. The molecule has 3 aromatic rings. The molecular formula is C29H38F3N3O2. The van der Waals surface area contributed by atoms with Gasteiger partial charge in [-0.15, -0.1) is 0 Å². The summed E-state index contributed by atoms with van der Waals surface area (Å²) in [6.07, 6.45) is 7.80. The lowest BCUT2D eigenvalue weighted by atomic mass is 10.0. The van der Waals surface area contributed by atoms with Crippen LogP contribution in [0, 0.1) is 5.21 Å². The number of unbranched alkanes of at least 4 members (excludes halogenated alkanes) is 8. The number of aryl methyl sites for hydroxylation is 1. The maximum absolute atomic E-state index is 12.8. The van der Waals surface area contributed by atoms with Gasteiger partial charge in [-0.25, -0.2) is 0 Å². The van der Waals surface area contributed by atoms with E-state index in [1.807, 2.05) is 24.3 Å². The molecule has 1 aromatic heterocycles. The molecule has 0 saturated carbocycles. The van der Waals surface area contributed by atoms with Crippen LogP contribution in [0.15, 0.2) is 53.1 Å². The van der Waals surface area contributed by atoms with Gasteiger partial charge in [-0.2, -0.15) is 18.2 Å². The summed E-state index contributed by atoms with van der Waals surface area (Å²) >= 11 is 0. The third-order valence-electron chi connectivity index (χ3n) is 6.77. The van der Waals surface area contributed by atoms with Crippen LogP contribution in [-0.2, 0) is 19.1 Å². The van der Waals surface area contributed by atoms with Crippen molar-refractivity contribution in [2.45, 2.75) is 96.8 Å². The third-order valence-corrected chi connectivity index (χ3v) is 6.77. The van der Waals surface area contributed by atoms with Gasteiger partial charge in [0.2, 0.25) is 0 Å². The first-order chi connectivity index (χ1) is 17.8. The number of nitrogens with zero attached hydrogens (tertiary/aromatic N) is 2. The Balaban J connectivity index is 1.43. The Kier molecular flexibility index (Phi) is 11.1. The molecule has 3 rings (SSSR count). The topological polar surface area (TPSA) is 66.4 Å². The molecule has 202 valence electrons. The van der Waals surface area contributed by atoms with Gasteiger partial charge in [0.25, 0.3) is 5.89 Å². The van der Waals surface area contributed by atoms with E-state index in [1.54, 1.807) is 6.92 Å². The van der Waals surface area contributed by atoms with Gasteiger partial charge in [0.1, 0.15) is 12.6 Å². The highest BCUT2D eigenvalue weighted by molar-refractivity contribution is 5.53. The van der Waals surface area contributed by atoms with Gasteiger partial charge in [0.05, 0.1) is 5.56 Å². The number of quaternary nitrogens is 1. The molecule has 0 spiro atoms. The van der Waals surface area contributed by atoms with Gasteiger partial charge in [-0.3, -0.25) is 0 Å². The number of hydrogen-bond acceptors (Lipinski definition) is 4. The van der Waals surface area contributed by atoms with Crippen LogP contribution in [-0.4, -0.2) is 10.1 Å². The molecule has 5 nitrogen and oxygen atoms in total. The van der Waals surface area contributed by atoms with E-state index in [-0.39, 0.29) is 11.6 Å². The molecule has 8 heteroatoms. The number of rotatable bonds is 15. The van der Waals surface area contributed by atoms with Gasteiger partial charge in [-0.05, 0) is 37.6 Å². The summed E-state index contributed by atoms with van der Waals surface area (Å²) in [5.74, 6) is 1.17. The number of benzene rings is 2. The van der Waals surface area contributed by atoms with Gasteiger partial charge < -0.3 is 14.8 Å². The Hall–Kier alpha value is -2.71. The molecule has 1 unspecified atom stereocenters. The number of hydroxylamine groups is 2. The minimum atomic E-state index is -4.39. The molecule has 0 aliphatic heterocycles. The molecule has 0 radical (unpaired) electrons. The van der Waals surface area contributed by atoms with Crippen molar-refractivity contribution < 1.29 is 22.8 Å². The number of alkyl halides is 3. The third kappa shape index (κ3) is 9.27. The van der Waals surface area contributed by atoms with Crippen LogP contribution in [0.3, 0.4) is 0 Å². The van der Waals surface area contributed by atoms with Crippen molar-refractivity contribution in [2.75, 3.05) is 0 Å². The summed E-state index contributed by atoms with van der Waals surface area (Å²) < 4.78 is 43.8. The lowest BCUT2D eigenvalue weighted by molar-refractivity contribution is -0.893. The molecule has 2 atom stereocenters. The molecule has 0 aliphatic rings. The summed E-state index contributed by atoms with van der Waals surface area (Å²) in [6, 6.07) is 11.7. The largest absolute Gasteiger partial charge is 0.634 e. The SMILES string of the molecule is CCCCCCCCCCCc1noc(-c2ccc(C[NH+]([O-])[C@@H](C)c3ccc(C(F)(F)F)cc3)cc2)n1. The first kappa shape index (κ1) is 28.9. The second-order valence-electron chi connectivity index (χ2n) is 9.78. The van der Waals surface area contributed by atoms with Crippen LogP contribution in [0.25, 0.3) is 11.5 Å². The maximum atomic E-state index is 12.8. The summed E-state index contributed by atoms with van der Waals surface area (Å²) in [4.78, 5) is 4.51. The number of aromatic nitrogens is 2. The highest BCUT2D eigenvalue weighted by Gasteiger charge is 2.30. The summed E-state index contributed by atoms with van der Waals surface area (Å²) in [5.41, 5.74) is 1.46. The highest BCUT2D eigenvalue weighted by atomic mass is 19.4. The molecule has 1 heterocycles. The zero-order valence-electron chi connectivity index (χ0n) is 21.8. The minimum Gasteiger partial charge on any atom is -0.634 e. The van der Waals surface area contributed by atoms with E-state index in [9.17, 15) is 18.4 Å². The molecule has 0 aliphatic carbocycles. The molecule has 0 amide bonds. The van der Waals surface area contributed by atoms with E-state index in [2.05, 4.69) is 17.1 Å². The van der Waals surface area contributed by atoms with Crippen molar-refractivity contribution in [1.29, 1.82) is 0 Å². The van der Waals surface area contributed by atoms with Gasteiger partial charge in [0.15, 0.2) is 5.82 Å². The Morgan fingerprint density at radius 1 is 0.865 bits per heavy atom. The zero-order chi connectivity index (χ0) is 26.7. The first-order valence-corrected chi connectivity index (χ1v) is 13.4. The Bertz CT molecular complexity index is 1050. The van der Waals surface area contributed by atoms with Crippen molar-refractivity contribution in [3.05, 3.63) is 76.3 Å². The second-order valence-corrected chi connectivity index (χ2v) is 9.78. The van der Waals surface area contributed by atoms with Crippen LogP contribution in [0.5, 0.6) is 0 Å². The van der Waals surface area contributed by atoms with E-state index < -0.39 is 17.8 Å². The average molecular weight is 518 g/mol. The number of halogens is 3. The fourth-order valence-corrected chi connectivity index (χ4v) is 4.33. The highest BCUT2D eigenvalue weighted by Crippen LogP contribution is 2.29. The summed E-state index contributed by atoms with van der Waals surface area (Å²) in [6.45, 7) is 4.14. The average Bonchev–Trinajstić information content (AvgIpc) is 3.36. The molecular weight excluding hydrogens is 479 g/mol.